The third-order valence-corrected chi connectivity index (χ3v) is 6.23. The minimum absolute atomic E-state index is 0.118. The highest BCUT2D eigenvalue weighted by molar-refractivity contribution is 6.32. The second kappa shape index (κ2) is 12.5. The van der Waals surface area contributed by atoms with Gasteiger partial charge in [0.2, 0.25) is 0 Å². The topological polar surface area (TPSA) is 112 Å². The number of aliphatic hydroxyl groups is 1. The standard InChI is InChI=1S/C29H35ClN6O3/c1-29(2,3)35-28(38)20-6-5-7-22(15-20)39-25-9-8-21(16-24(25)30)34-27-23-14-19(17-36(4)12-13-37)10-11-31-26(23)32-18-33-27/h5-9,14-16,18,37H,10-13,17H2,1-4H3,(H,35,38)(H2,31,32,33,34). The summed E-state index contributed by atoms with van der Waals surface area (Å²) in [6, 6.07) is 12.4. The average Bonchev–Trinajstić information content (AvgIpc) is 3.07. The summed E-state index contributed by atoms with van der Waals surface area (Å²) in [6.07, 6.45) is 4.49. The minimum Gasteiger partial charge on any atom is -0.456 e. The summed E-state index contributed by atoms with van der Waals surface area (Å²) in [5.41, 5.74) is 2.98. The molecule has 0 aliphatic carbocycles. The van der Waals surface area contributed by atoms with E-state index in [9.17, 15) is 9.90 Å². The number of hydrogen-bond donors (Lipinski definition) is 4. The number of nitrogens with one attached hydrogen (secondary N) is 3. The van der Waals surface area contributed by atoms with Gasteiger partial charge < -0.3 is 30.7 Å². The van der Waals surface area contributed by atoms with Crippen LogP contribution in [0.4, 0.5) is 17.3 Å². The van der Waals surface area contributed by atoms with Crippen LogP contribution in [0.15, 0.2) is 54.4 Å². The first kappa shape index (κ1) is 28.4. The molecule has 4 rings (SSSR count). The molecule has 2 aromatic carbocycles. The molecule has 0 saturated carbocycles. The van der Waals surface area contributed by atoms with Gasteiger partial charge in [0, 0.05) is 36.4 Å². The summed E-state index contributed by atoms with van der Waals surface area (Å²) in [6.45, 7) is 8.03. The van der Waals surface area contributed by atoms with Gasteiger partial charge in [0.15, 0.2) is 0 Å². The van der Waals surface area contributed by atoms with E-state index in [1.807, 2.05) is 33.9 Å². The molecule has 1 aromatic heterocycles. The van der Waals surface area contributed by atoms with Crippen LogP contribution < -0.4 is 20.7 Å². The van der Waals surface area contributed by atoms with Gasteiger partial charge in [-0.2, -0.15) is 0 Å². The van der Waals surface area contributed by atoms with Crippen LogP contribution in [0.25, 0.3) is 6.08 Å². The number of aromatic nitrogens is 2. The van der Waals surface area contributed by atoms with Gasteiger partial charge in [0.1, 0.15) is 29.5 Å². The summed E-state index contributed by atoms with van der Waals surface area (Å²) in [5.74, 6) is 2.21. The van der Waals surface area contributed by atoms with E-state index in [-0.39, 0.29) is 18.1 Å². The number of amides is 1. The van der Waals surface area contributed by atoms with Crippen molar-refractivity contribution >= 4 is 40.9 Å². The van der Waals surface area contributed by atoms with E-state index in [2.05, 4.69) is 36.9 Å². The fourth-order valence-corrected chi connectivity index (χ4v) is 4.37. The van der Waals surface area contributed by atoms with Crippen molar-refractivity contribution in [3.05, 3.63) is 70.5 Å². The number of benzene rings is 2. The second-order valence-electron chi connectivity index (χ2n) is 10.5. The lowest BCUT2D eigenvalue weighted by molar-refractivity contribution is 0.0919. The predicted octanol–water partition coefficient (Wildman–Crippen LogP) is 5.32. The summed E-state index contributed by atoms with van der Waals surface area (Å²) >= 11 is 6.59. The third-order valence-electron chi connectivity index (χ3n) is 5.93. The molecule has 39 heavy (non-hydrogen) atoms. The smallest absolute Gasteiger partial charge is 0.251 e. The van der Waals surface area contributed by atoms with Crippen molar-refractivity contribution in [3.8, 4) is 11.5 Å². The van der Waals surface area contributed by atoms with Gasteiger partial charge in [-0.05, 0) is 76.7 Å². The second-order valence-corrected chi connectivity index (χ2v) is 10.9. The van der Waals surface area contributed by atoms with Gasteiger partial charge >= 0.3 is 0 Å². The zero-order chi connectivity index (χ0) is 28.0. The first-order chi connectivity index (χ1) is 18.6. The van der Waals surface area contributed by atoms with Crippen LogP contribution >= 0.6 is 11.6 Å². The molecule has 4 N–H and O–H groups in total. The van der Waals surface area contributed by atoms with E-state index in [0.717, 1.165) is 36.6 Å². The van der Waals surface area contributed by atoms with E-state index >= 15 is 0 Å². The summed E-state index contributed by atoms with van der Waals surface area (Å²) in [7, 11) is 1.99. The van der Waals surface area contributed by atoms with Crippen molar-refractivity contribution < 1.29 is 14.6 Å². The number of carbonyl (C=O) groups excluding carboxylic acids is 1. The lowest BCUT2D eigenvalue weighted by Gasteiger charge is -2.20. The van der Waals surface area contributed by atoms with Crippen LogP contribution in [-0.2, 0) is 0 Å². The van der Waals surface area contributed by atoms with Crippen LogP contribution in [0.2, 0.25) is 5.02 Å². The molecule has 0 atom stereocenters. The lowest BCUT2D eigenvalue weighted by atomic mass is 10.1. The van der Waals surface area contributed by atoms with E-state index in [1.165, 1.54) is 11.9 Å². The van der Waals surface area contributed by atoms with E-state index in [4.69, 9.17) is 16.3 Å². The van der Waals surface area contributed by atoms with E-state index < -0.39 is 0 Å². The van der Waals surface area contributed by atoms with Crippen LogP contribution in [0, 0.1) is 0 Å². The molecule has 1 aliphatic heterocycles. The summed E-state index contributed by atoms with van der Waals surface area (Å²) < 4.78 is 6.01. The van der Waals surface area contributed by atoms with Crippen LogP contribution in [-0.4, -0.2) is 64.7 Å². The molecule has 0 bridgehead atoms. The first-order valence-corrected chi connectivity index (χ1v) is 13.2. The van der Waals surface area contributed by atoms with Gasteiger partial charge in [0.25, 0.3) is 5.91 Å². The number of nitrogens with zero attached hydrogens (tertiary/aromatic N) is 3. The Morgan fingerprint density at radius 1 is 1.21 bits per heavy atom. The minimum atomic E-state index is -0.341. The normalized spacial score (nSPS) is 13.2. The Bertz CT molecular complexity index is 1360. The Labute approximate surface area is 234 Å². The number of anilines is 3. The number of hydrogen-bond acceptors (Lipinski definition) is 8. The van der Waals surface area contributed by atoms with Crippen LogP contribution in [0.1, 0.15) is 43.1 Å². The van der Waals surface area contributed by atoms with E-state index in [1.54, 1.807) is 36.4 Å². The highest BCUT2D eigenvalue weighted by Crippen LogP contribution is 2.34. The van der Waals surface area contributed by atoms with Crippen molar-refractivity contribution in [1.29, 1.82) is 0 Å². The fraction of sp³-hybridized carbons (Fsp3) is 0.345. The van der Waals surface area contributed by atoms with Crippen molar-refractivity contribution in [2.45, 2.75) is 32.7 Å². The molecule has 9 nitrogen and oxygen atoms in total. The molecule has 3 aromatic rings. The van der Waals surface area contributed by atoms with Gasteiger partial charge in [0.05, 0.1) is 17.2 Å². The van der Waals surface area contributed by atoms with Gasteiger partial charge in [-0.3, -0.25) is 4.79 Å². The molecule has 206 valence electrons. The maximum absolute atomic E-state index is 12.5. The summed E-state index contributed by atoms with van der Waals surface area (Å²) in [5, 5.41) is 19.3. The molecule has 0 unspecified atom stereocenters. The van der Waals surface area contributed by atoms with E-state index in [0.29, 0.717) is 34.4 Å². The molecule has 1 aliphatic rings. The molecule has 0 radical (unpaired) electrons. The number of halogens is 1. The van der Waals surface area contributed by atoms with Crippen LogP contribution in [0.5, 0.6) is 11.5 Å². The average molecular weight is 551 g/mol. The Kier molecular flexibility index (Phi) is 9.06. The maximum atomic E-state index is 12.5. The lowest BCUT2D eigenvalue weighted by Crippen LogP contribution is -2.40. The van der Waals surface area contributed by atoms with Gasteiger partial charge in [-0.25, -0.2) is 9.97 Å². The van der Waals surface area contributed by atoms with Crippen molar-refractivity contribution in [3.63, 3.8) is 0 Å². The fourth-order valence-electron chi connectivity index (χ4n) is 4.15. The zero-order valence-electron chi connectivity index (χ0n) is 22.7. The molecular weight excluding hydrogens is 516 g/mol. The molecule has 0 fully saturated rings. The SMILES string of the molecule is CN(CCO)CC1=Cc2c(ncnc2Nc2ccc(Oc3cccc(C(=O)NC(C)(C)C)c3)c(Cl)c2)NCC1. The molecule has 2 heterocycles. The molecule has 1 amide bonds. The number of ether oxygens (including phenoxy) is 1. The zero-order valence-corrected chi connectivity index (χ0v) is 23.5. The predicted molar refractivity (Wildman–Crippen MR) is 156 cm³/mol. The van der Waals surface area contributed by atoms with Gasteiger partial charge in [-0.15, -0.1) is 0 Å². The van der Waals surface area contributed by atoms with Crippen molar-refractivity contribution in [1.82, 2.24) is 20.2 Å². The monoisotopic (exact) mass is 550 g/mol. The number of rotatable bonds is 9. The highest BCUT2D eigenvalue weighted by atomic mass is 35.5. The first-order valence-electron chi connectivity index (χ1n) is 12.9. The maximum Gasteiger partial charge on any atom is 0.251 e. The Balaban J connectivity index is 1.51. The molecule has 0 saturated heterocycles. The number of fused-ring (bicyclic) bond motifs is 1. The van der Waals surface area contributed by atoms with Crippen LogP contribution in [0.3, 0.4) is 0 Å². The largest absolute Gasteiger partial charge is 0.456 e. The Morgan fingerprint density at radius 2 is 2.03 bits per heavy atom. The number of likely N-dealkylation sites (N-methyl/N-ethyl adjacent to an activating group) is 1. The quantitative estimate of drug-likeness (QED) is 0.283. The Hall–Kier alpha value is -3.66. The molecule has 10 heteroatoms. The number of carbonyl (C=O) groups is 1. The highest BCUT2D eigenvalue weighted by Gasteiger charge is 2.17. The molecular formula is C29H35ClN6O3. The molecule has 0 spiro atoms. The number of aliphatic hydroxyl groups excluding tert-OH is 1. The van der Waals surface area contributed by atoms with Crippen molar-refractivity contribution in [2.75, 3.05) is 43.9 Å². The summed E-state index contributed by atoms with van der Waals surface area (Å²) in [4.78, 5) is 23.5. The van der Waals surface area contributed by atoms with Gasteiger partial charge in [-0.1, -0.05) is 23.2 Å². The Morgan fingerprint density at radius 3 is 2.77 bits per heavy atom. The van der Waals surface area contributed by atoms with Crippen molar-refractivity contribution in [2.24, 2.45) is 0 Å². The third kappa shape index (κ3) is 7.92.